The van der Waals surface area contributed by atoms with Gasteiger partial charge in [0.25, 0.3) is 0 Å². The van der Waals surface area contributed by atoms with Gasteiger partial charge in [-0.3, -0.25) is 4.79 Å². The smallest absolute Gasteiger partial charge is 0.236 e. The van der Waals surface area contributed by atoms with Crippen LogP contribution in [0, 0.1) is 0 Å². The highest BCUT2D eigenvalue weighted by Gasteiger charge is 2.15. The van der Waals surface area contributed by atoms with Crippen molar-refractivity contribution in [3.05, 3.63) is 17.7 Å². The summed E-state index contributed by atoms with van der Waals surface area (Å²) < 4.78 is 15.7. The van der Waals surface area contributed by atoms with Crippen molar-refractivity contribution in [2.45, 2.75) is 19.5 Å². The predicted octanol–water partition coefficient (Wildman–Crippen LogP) is 1.10. The summed E-state index contributed by atoms with van der Waals surface area (Å²) >= 11 is 0. The molecule has 3 N–H and O–H groups in total. The molecule has 0 fully saturated rings. The van der Waals surface area contributed by atoms with E-state index in [1.807, 2.05) is 0 Å². The first-order valence-electron chi connectivity index (χ1n) is 5.85. The van der Waals surface area contributed by atoms with Gasteiger partial charge < -0.3 is 25.3 Å². The van der Waals surface area contributed by atoms with E-state index in [2.05, 4.69) is 5.32 Å². The molecule has 1 aromatic rings. The molecule has 0 aliphatic heterocycles. The van der Waals surface area contributed by atoms with Crippen LogP contribution >= 0.6 is 12.4 Å². The second-order valence-electron chi connectivity index (χ2n) is 4.02. The Morgan fingerprint density at radius 1 is 1.20 bits per heavy atom. The van der Waals surface area contributed by atoms with Crippen LogP contribution in [0.15, 0.2) is 12.1 Å². The Morgan fingerprint density at radius 3 is 2.05 bits per heavy atom. The molecule has 1 atom stereocenters. The number of carbonyl (C=O) groups is 1. The maximum Gasteiger partial charge on any atom is 0.236 e. The topological polar surface area (TPSA) is 82.8 Å². The highest BCUT2D eigenvalue weighted by Crippen LogP contribution is 2.33. The van der Waals surface area contributed by atoms with Crippen molar-refractivity contribution in [1.82, 2.24) is 5.32 Å². The van der Waals surface area contributed by atoms with Crippen LogP contribution in [0.1, 0.15) is 12.5 Å². The first kappa shape index (κ1) is 18.3. The summed E-state index contributed by atoms with van der Waals surface area (Å²) in [7, 11) is 4.65. The first-order valence-corrected chi connectivity index (χ1v) is 5.85. The minimum Gasteiger partial charge on any atom is -0.496 e. The number of benzene rings is 1. The summed E-state index contributed by atoms with van der Waals surface area (Å²) in [5.74, 6) is 1.55. The van der Waals surface area contributed by atoms with E-state index < -0.39 is 6.04 Å². The van der Waals surface area contributed by atoms with Crippen molar-refractivity contribution < 1.29 is 19.0 Å². The lowest BCUT2D eigenvalue weighted by Crippen LogP contribution is -2.37. The molecule has 7 heteroatoms. The summed E-state index contributed by atoms with van der Waals surface area (Å²) in [6, 6.07) is 2.90. The molecule has 0 heterocycles. The van der Waals surface area contributed by atoms with Crippen molar-refractivity contribution in [2.75, 3.05) is 21.3 Å². The molecule has 0 spiro atoms. The van der Waals surface area contributed by atoms with Gasteiger partial charge in [-0.05, 0) is 6.92 Å². The molecule has 0 unspecified atom stereocenters. The maximum atomic E-state index is 11.5. The summed E-state index contributed by atoms with van der Waals surface area (Å²) in [6.07, 6.45) is 0. The zero-order valence-electron chi connectivity index (χ0n) is 12.1. The van der Waals surface area contributed by atoms with Gasteiger partial charge in [-0.1, -0.05) is 0 Å². The molecule has 0 aliphatic rings. The zero-order valence-corrected chi connectivity index (χ0v) is 12.9. The maximum absolute atomic E-state index is 11.5. The lowest BCUT2D eigenvalue weighted by atomic mass is 10.1. The van der Waals surface area contributed by atoms with Crippen LogP contribution in [-0.4, -0.2) is 33.3 Å². The van der Waals surface area contributed by atoms with Gasteiger partial charge in [0.05, 0.1) is 39.5 Å². The highest BCUT2D eigenvalue weighted by atomic mass is 35.5. The van der Waals surface area contributed by atoms with Gasteiger partial charge in [0.2, 0.25) is 5.91 Å². The van der Waals surface area contributed by atoms with Crippen LogP contribution in [-0.2, 0) is 11.3 Å². The van der Waals surface area contributed by atoms with Crippen LogP contribution < -0.4 is 25.3 Å². The average molecular weight is 305 g/mol. The Morgan fingerprint density at radius 2 is 1.70 bits per heavy atom. The largest absolute Gasteiger partial charge is 0.496 e. The molecule has 0 saturated heterocycles. The van der Waals surface area contributed by atoms with Crippen molar-refractivity contribution in [1.29, 1.82) is 0 Å². The van der Waals surface area contributed by atoms with Crippen molar-refractivity contribution >= 4 is 18.3 Å². The van der Waals surface area contributed by atoms with Gasteiger partial charge in [0.15, 0.2) is 0 Å². The number of carbonyl (C=O) groups excluding carboxylic acids is 1. The number of amides is 1. The van der Waals surface area contributed by atoms with E-state index in [1.54, 1.807) is 40.4 Å². The average Bonchev–Trinajstić information content (AvgIpc) is 2.43. The third-order valence-corrected chi connectivity index (χ3v) is 2.67. The van der Waals surface area contributed by atoms with Crippen molar-refractivity contribution in [3.63, 3.8) is 0 Å². The molecule has 1 amide bonds. The van der Waals surface area contributed by atoms with Gasteiger partial charge in [-0.15, -0.1) is 12.4 Å². The fourth-order valence-corrected chi connectivity index (χ4v) is 1.59. The summed E-state index contributed by atoms with van der Waals surface area (Å²) in [5.41, 5.74) is 6.23. The molecule has 0 saturated carbocycles. The molecular formula is C13H21ClN2O4. The number of methoxy groups -OCH3 is 3. The van der Waals surface area contributed by atoms with Crippen LogP contribution in [0.4, 0.5) is 0 Å². The minimum atomic E-state index is -0.560. The van der Waals surface area contributed by atoms with Gasteiger partial charge in [-0.2, -0.15) is 0 Å². The SMILES string of the molecule is COc1cc(OC)c(CNC(=O)[C@@H](C)N)c(OC)c1.Cl. The molecule has 114 valence electrons. The number of ether oxygens (including phenoxy) is 3. The zero-order chi connectivity index (χ0) is 14.4. The van der Waals surface area contributed by atoms with Crippen molar-refractivity contribution in [3.8, 4) is 17.2 Å². The van der Waals surface area contributed by atoms with Crippen LogP contribution in [0.5, 0.6) is 17.2 Å². The van der Waals surface area contributed by atoms with E-state index in [0.29, 0.717) is 17.2 Å². The van der Waals surface area contributed by atoms with E-state index in [1.165, 1.54) is 0 Å². The third kappa shape index (κ3) is 4.47. The standard InChI is InChI=1S/C13H20N2O4.ClH/c1-8(14)13(16)15-7-10-11(18-3)5-9(17-2)6-12(10)19-4;/h5-6,8H,7,14H2,1-4H3,(H,15,16);1H/t8-;/m1./s1. The van der Waals surface area contributed by atoms with Crippen LogP contribution in [0.3, 0.4) is 0 Å². The van der Waals surface area contributed by atoms with E-state index >= 15 is 0 Å². The number of hydrogen-bond acceptors (Lipinski definition) is 5. The van der Waals surface area contributed by atoms with Crippen molar-refractivity contribution in [2.24, 2.45) is 5.73 Å². The van der Waals surface area contributed by atoms with Gasteiger partial charge in [-0.25, -0.2) is 0 Å². The molecule has 0 radical (unpaired) electrons. The predicted molar refractivity (Wildman–Crippen MR) is 78.8 cm³/mol. The lowest BCUT2D eigenvalue weighted by Gasteiger charge is -2.16. The molecule has 0 bridgehead atoms. The molecule has 6 nitrogen and oxygen atoms in total. The number of halogens is 1. The second-order valence-corrected chi connectivity index (χ2v) is 4.02. The lowest BCUT2D eigenvalue weighted by molar-refractivity contribution is -0.122. The Bertz CT molecular complexity index is 427. The Labute approximate surface area is 125 Å². The van der Waals surface area contributed by atoms with Gasteiger partial charge >= 0.3 is 0 Å². The van der Waals surface area contributed by atoms with Crippen LogP contribution in [0.2, 0.25) is 0 Å². The van der Waals surface area contributed by atoms with E-state index in [0.717, 1.165) is 5.56 Å². The fourth-order valence-electron chi connectivity index (χ4n) is 1.59. The Kier molecular flexibility index (Phi) is 7.79. The second kappa shape index (κ2) is 8.50. The monoisotopic (exact) mass is 304 g/mol. The van der Waals surface area contributed by atoms with Gasteiger partial charge in [0.1, 0.15) is 17.2 Å². The fraction of sp³-hybridized carbons (Fsp3) is 0.462. The molecule has 0 aliphatic carbocycles. The number of nitrogens with two attached hydrogens (primary N) is 1. The Hall–Kier alpha value is -1.66. The third-order valence-electron chi connectivity index (χ3n) is 2.67. The number of nitrogens with one attached hydrogen (secondary N) is 1. The quantitative estimate of drug-likeness (QED) is 0.822. The molecule has 20 heavy (non-hydrogen) atoms. The Balaban J connectivity index is 0.00000361. The highest BCUT2D eigenvalue weighted by molar-refractivity contribution is 5.85. The number of rotatable bonds is 6. The molecule has 1 rings (SSSR count). The molecular weight excluding hydrogens is 284 g/mol. The molecule has 0 aromatic heterocycles. The normalized spacial score (nSPS) is 11.1. The van der Waals surface area contributed by atoms with E-state index in [-0.39, 0.29) is 24.9 Å². The van der Waals surface area contributed by atoms with Crippen LogP contribution in [0.25, 0.3) is 0 Å². The number of hydrogen-bond donors (Lipinski definition) is 2. The minimum absolute atomic E-state index is 0. The molecule has 1 aromatic carbocycles. The summed E-state index contributed by atoms with van der Waals surface area (Å²) in [5, 5.41) is 2.72. The van der Waals surface area contributed by atoms with Gasteiger partial charge in [0, 0.05) is 12.1 Å². The summed E-state index contributed by atoms with van der Waals surface area (Å²) in [6.45, 7) is 1.90. The van der Waals surface area contributed by atoms with E-state index in [4.69, 9.17) is 19.9 Å². The first-order chi connectivity index (χ1) is 9.03. The summed E-state index contributed by atoms with van der Waals surface area (Å²) in [4.78, 5) is 11.5. The van der Waals surface area contributed by atoms with E-state index in [9.17, 15) is 4.79 Å².